The predicted molar refractivity (Wildman–Crippen MR) is 126 cm³/mol. The first-order valence-corrected chi connectivity index (χ1v) is 11.9. The van der Waals surface area contributed by atoms with Crippen LogP contribution in [0.25, 0.3) is 0 Å². The third-order valence-electron chi connectivity index (χ3n) is 5.88. The highest BCUT2D eigenvalue weighted by Crippen LogP contribution is 2.22. The van der Waals surface area contributed by atoms with E-state index < -0.39 is 0 Å². The van der Waals surface area contributed by atoms with E-state index in [-0.39, 0.29) is 5.91 Å². The van der Waals surface area contributed by atoms with E-state index in [1.54, 1.807) is 0 Å². The number of aromatic nitrogens is 2. The van der Waals surface area contributed by atoms with Gasteiger partial charge in [0.1, 0.15) is 5.82 Å². The maximum absolute atomic E-state index is 12.8. The summed E-state index contributed by atoms with van der Waals surface area (Å²) in [5.41, 5.74) is 2.41. The minimum Gasteiger partial charge on any atom is -0.343 e. The van der Waals surface area contributed by atoms with Crippen LogP contribution in [0.2, 0.25) is 0 Å². The van der Waals surface area contributed by atoms with Gasteiger partial charge in [-0.25, -0.2) is 4.98 Å². The van der Waals surface area contributed by atoms with E-state index in [1.807, 2.05) is 29.2 Å². The molecule has 2 heterocycles. The molecule has 0 aliphatic carbocycles. The van der Waals surface area contributed by atoms with E-state index >= 15 is 0 Å². The molecule has 2 aromatic carbocycles. The van der Waals surface area contributed by atoms with Crippen molar-refractivity contribution in [3.63, 3.8) is 0 Å². The molecule has 1 aliphatic rings. The standard InChI is InChI=1S/C25H30N4OS/c1-20-12-15-28(16-13-20)24(30)14-17-29(19-22-10-6-3-7-11-22)25-26-23(27-31-25)18-21-8-4-2-5-9-21/h2-11,20H,12-19H2,1H3. The first kappa shape index (κ1) is 21.5. The summed E-state index contributed by atoms with van der Waals surface area (Å²) in [5, 5.41) is 0.884. The molecule has 0 unspecified atom stereocenters. The van der Waals surface area contributed by atoms with Gasteiger partial charge in [-0.15, -0.1) is 0 Å². The molecule has 0 radical (unpaired) electrons. The molecule has 1 aliphatic heterocycles. The molecule has 1 aromatic heterocycles. The number of carbonyl (C=O) groups is 1. The molecule has 0 saturated carbocycles. The van der Waals surface area contributed by atoms with E-state index in [0.29, 0.717) is 13.0 Å². The van der Waals surface area contributed by atoms with Crippen LogP contribution in [0, 0.1) is 5.92 Å². The third-order valence-corrected chi connectivity index (χ3v) is 6.70. The van der Waals surface area contributed by atoms with Crippen LogP contribution in [0.5, 0.6) is 0 Å². The molecule has 1 saturated heterocycles. The fourth-order valence-corrected chi connectivity index (χ4v) is 4.63. The van der Waals surface area contributed by atoms with Crippen LogP contribution >= 0.6 is 11.5 Å². The Bertz CT molecular complexity index is 952. The minimum atomic E-state index is 0.249. The summed E-state index contributed by atoms with van der Waals surface area (Å²) < 4.78 is 4.59. The summed E-state index contributed by atoms with van der Waals surface area (Å²) in [5.74, 6) is 1.81. The van der Waals surface area contributed by atoms with Crippen molar-refractivity contribution in [2.75, 3.05) is 24.5 Å². The van der Waals surface area contributed by atoms with Crippen LogP contribution in [0.15, 0.2) is 60.7 Å². The van der Waals surface area contributed by atoms with Gasteiger partial charge >= 0.3 is 0 Å². The second-order valence-electron chi connectivity index (χ2n) is 8.38. The normalized spacial score (nSPS) is 14.5. The maximum Gasteiger partial charge on any atom is 0.224 e. The van der Waals surface area contributed by atoms with Crippen LogP contribution in [0.1, 0.15) is 43.1 Å². The van der Waals surface area contributed by atoms with Crippen molar-refractivity contribution in [1.82, 2.24) is 14.3 Å². The summed E-state index contributed by atoms with van der Waals surface area (Å²) >= 11 is 1.42. The molecule has 162 valence electrons. The SMILES string of the molecule is CC1CCN(C(=O)CCN(Cc2ccccc2)c2nc(Cc3ccccc3)ns2)CC1. The smallest absolute Gasteiger partial charge is 0.224 e. The summed E-state index contributed by atoms with van der Waals surface area (Å²) in [6.45, 7) is 5.42. The molecule has 3 aromatic rings. The number of carbonyl (C=O) groups excluding carboxylic acids is 1. The Morgan fingerprint density at radius 3 is 2.35 bits per heavy atom. The first-order valence-electron chi connectivity index (χ1n) is 11.1. The molecule has 6 heteroatoms. The molecule has 0 N–H and O–H groups in total. The Kier molecular flexibility index (Phi) is 7.30. The Morgan fingerprint density at radius 1 is 1.03 bits per heavy atom. The fraction of sp³-hybridized carbons (Fsp3) is 0.400. The molecule has 1 fully saturated rings. The van der Waals surface area contributed by atoms with Gasteiger partial charge in [-0.05, 0) is 29.9 Å². The summed E-state index contributed by atoms with van der Waals surface area (Å²) in [4.78, 5) is 21.8. The number of benzene rings is 2. The fourth-order valence-electron chi connectivity index (χ4n) is 3.92. The van der Waals surface area contributed by atoms with E-state index in [2.05, 4.69) is 52.6 Å². The first-order chi connectivity index (χ1) is 15.2. The Labute approximate surface area is 188 Å². The molecule has 0 atom stereocenters. The Hall–Kier alpha value is -2.73. The van der Waals surface area contributed by atoms with Crippen LogP contribution in [-0.2, 0) is 17.8 Å². The highest BCUT2D eigenvalue weighted by atomic mass is 32.1. The number of piperidine rings is 1. The van der Waals surface area contributed by atoms with Gasteiger partial charge in [0.15, 0.2) is 0 Å². The quantitative estimate of drug-likeness (QED) is 0.512. The van der Waals surface area contributed by atoms with Gasteiger partial charge in [-0.2, -0.15) is 4.37 Å². The van der Waals surface area contributed by atoms with Crippen LogP contribution < -0.4 is 4.90 Å². The molecule has 31 heavy (non-hydrogen) atoms. The van der Waals surface area contributed by atoms with Crippen LogP contribution in [0.4, 0.5) is 5.13 Å². The number of nitrogens with zero attached hydrogens (tertiary/aromatic N) is 4. The zero-order valence-corrected chi connectivity index (χ0v) is 18.9. The number of anilines is 1. The zero-order valence-electron chi connectivity index (χ0n) is 18.1. The van der Waals surface area contributed by atoms with Gasteiger partial charge < -0.3 is 9.80 Å². The number of amides is 1. The van der Waals surface area contributed by atoms with Gasteiger partial charge in [-0.3, -0.25) is 4.79 Å². The predicted octanol–water partition coefficient (Wildman–Crippen LogP) is 4.78. The average molecular weight is 435 g/mol. The summed E-state index contributed by atoms with van der Waals surface area (Å²) in [6, 6.07) is 20.7. The van der Waals surface area contributed by atoms with Gasteiger partial charge in [0.25, 0.3) is 0 Å². The lowest BCUT2D eigenvalue weighted by Crippen LogP contribution is -2.39. The summed E-state index contributed by atoms with van der Waals surface area (Å²) in [6.07, 6.45) is 3.45. The lowest BCUT2D eigenvalue weighted by Gasteiger charge is -2.31. The average Bonchev–Trinajstić information content (AvgIpc) is 3.26. The lowest BCUT2D eigenvalue weighted by molar-refractivity contribution is -0.132. The monoisotopic (exact) mass is 434 g/mol. The second kappa shape index (κ2) is 10.5. The maximum atomic E-state index is 12.8. The Balaban J connectivity index is 1.43. The lowest BCUT2D eigenvalue weighted by atomic mass is 9.99. The largest absolute Gasteiger partial charge is 0.343 e. The molecule has 0 spiro atoms. The zero-order chi connectivity index (χ0) is 21.5. The number of likely N-dealkylation sites (tertiary alicyclic amines) is 1. The van der Waals surface area contributed by atoms with E-state index in [4.69, 9.17) is 4.98 Å². The molecular formula is C25H30N4OS. The molecule has 4 rings (SSSR count). The highest BCUT2D eigenvalue weighted by molar-refractivity contribution is 7.09. The third kappa shape index (κ3) is 6.14. The molecule has 0 bridgehead atoms. The van der Waals surface area contributed by atoms with Crippen molar-refractivity contribution < 1.29 is 4.79 Å². The number of hydrogen-bond acceptors (Lipinski definition) is 5. The molecule has 1 amide bonds. The van der Waals surface area contributed by atoms with E-state index in [1.165, 1.54) is 22.7 Å². The van der Waals surface area contributed by atoms with E-state index in [9.17, 15) is 4.79 Å². The van der Waals surface area contributed by atoms with Gasteiger partial charge in [0, 0.05) is 50.6 Å². The van der Waals surface area contributed by atoms with Gasteiger partial charge in [0.05, 0.1) is 0 Å². The van der Waals surface area contributed by atoms with E-state index in [0.717, 1.165) is 55.8 Å². The van der Waals surface area contributed by atoms with Crippen LogP contribution in [0.3, 0.4) is 0 Å². The molecule has 5 nitrogen and oxygen atoms in total. The van der Waals surface area contributed by atoms with Crippen molar-refractivity contribution in [3.8, 4) is 0 Å². The number of rotatable bonds is 8. The minimum absolute atomic E-state index is 0.249. The van der Waals surface area contributed by atoms with Crippen LogP contribution in [-0.4, -0.2) is 39.8 Å². The Morgan fingerprint density at radius 2 is 1.68 bits per heavy atom. The topological polar surface area (TPSA) is 49.3 Å². The van der Waals surface area contributed by atoms with Crippen molar-refractivity contribution in [3.05, 3.63) is 77.6 Å². The van der Waals surface area contributed by atoms with Crippen molar-refractivity contribution >= 4 is 22.6 Å². The van der Waals surface area contributed by atoms with Gasteiger partial charge in [0.2, 0.25) is 11.0 Å². The van der Waals surface area contributed by atoms with Crippen molar-refractivity contribution in [2.24, 2.45) is 5.92 Å². The van der Waals surface area contributed by atoms with Crippen molar-refractivity contribution in [2.45, 2.75) is 39.2 Å². The second-order valence-corrected chi connectivity index (χ2v) is 9.11. The van der Waals surface area contributed by atoms with Gasteiger partial charge in [-0.1, -0.05) is 67.6 Å². The molecular weight excluding hydrogens is 404 g/mol. The highest BCUT2D eigenvalue weighted by Gasteiger charge is 2.22. The number of hydrogen-bond donors (Lipinski definition) is 0. The summed E-state index contributed by atoms with van der Waals surface area (Å²) in [7, 11) is 0. The van der Waals surface area contributed by atoms with Crippen molar-refractivity contribution in [1.29, 1.82) is 0 Å².